The fourth-order valence-corrected chi connectivity index (χ4v) is 1.91. The molecule has 0 saturated carbocycles. The molecule has 8 heteroatoms. The van der Waals surface area contributed by atoms with Crippen LogP contribution >= 0.6 is 0 Å². The Morgan fingerprint density at radius 1 is 1.52 bits per heavy atom. The van der Waals surface area contributed by atoms with Crippen LogP contribution in [0.1, 0.15) is 15.9 Å². The summed E-state index contributed by atoms with van der Waals surface area (Å²) in [4.78, 5) is 23.4. The van der Waals surface area contributed by atoms with Crippen LogP contribution < -0.4 is 0 Å². The number of carbonyl (C=O) groups is 1. The molecular formula is C13H13FN4O3. The molecule has 0 unspecified atom stereocenters. The minimum absolute atomic E-state index is 0.0643. The van der Waals surface area contributed by atoms with Crippen LogP contribution in [-0.2, 0) is 13.6 Å². The molecule has 0 fully saturated rings. The van der Waals surface area contributed by atoms with E-state index >= 15 is 0 Å². The first kappa shape index (κ1) is 14.6. The molecule has 0 spiro atoms. The molecule has 1 aromatic carbocycles. The maximum Gasteiger partial charge on any atom is 0.305 e. The summed E-state index contributed by atoms with van der Waals surface area (Å²) >= 11 is 0. The highest BCUT2D eigenvalue weighted by molar-refractivity contribution is 5.94. The summed E-state index contributed by atoms with van der Waals surface area (Å²) in [6.07, 6.45) is 3.38. The fourth-order valence-electron chi connectivity index (χ4n) is 1.91. The Bertz CT molecular complexity index is 698. The number of nitro benzene ring substituents is 1. The Morgan fingerprint density at radius 2 is 2.24 bits per heavy atom. The minimum atomic E-state index is -0.966. The largest absolute Gasteiger partial charge is 0.337 e. The highest BCUT2D eigenvalue weighted by Gasteiger charge is 2.19. The van der Waals surface area contributed by atoms with E-state index in [2.05, 4.69) is 5.10 Å². The van der Waals surface area contributed by atoms with Crippen molar-refractivity contribution in [1.29, 1.82) is 0 Å². The number of aromatic nitrogens is 2. The van der Waals surface area contributed by atoms with Gasteiger partial charge in [-0.15, -0.1) is 0 Å². The normalized spacial score (nSPS) is 10.4. The third-order valence-corrected chi connectivity index (χ3v) is 2.91. The van der Waals surface area contributed by atoms with Crippen LogP contribution in [-0.4, -0.2) is 32.6 Å². The van der Waals surface area contributed by atoms with Crippen LogP contribution in [0, 0.1) is 15.9 Å². The predicted molar refractivity (Wildman–Crippen MR) is 72.1 cm³/mol. The number of halogens is 1. The van der Waals surface area contributed by atoms with E-state index in [1.165, 1.54) is 11.0 Å². The number of nitrogens with zero attached hydrogens (tertiary/aromatic N) is 4. The molecule has 0 aliphatic carbocycles. The highest BCUT2D eigenvalue weighted by atomic mass is 19.1. The average molecular weight is 292 g/mol. The maximum atomic E-state index is 13.3. The summed E-state index contributed by atoms with van der Waals surface area (Å²) in [6.45, 7) is 0.303. The first-order valence-electron chi connectivity index (χ1n) is 6.05. The van der Waals surface area contributed by atoms with E-state index in [-0.39, 0.29) is 5.56 Å². The van der Waals surface area contributed by atoms with Gasteiger partial charge < -0.3 is 4.90 Å². The van der Waals surface area contributed by atoms with Crippen LogP contribution in [0.2, 0.25) is 0 Å². The molecule has 0 saturated heterocycles. The van der Waals surface area contributed by atoms with E-state index in [0.29, 0.717) is 6.54 Å². The maximum absolute atomic E-state index is 13.3. The van der Waals surface area contributed by atoms with Crippen molar-refractivity contribution >= 4 is 11.6 Å². The summed E-state index contributed by atoms with van der Waals surface area (Å²) in [5, 5.41) is 14.7. The molecule has 2 aromatic rings. The number of rotatable bonds is 4. The van der Waals surface area contributed by atoms with Gasteiger partial charge in [0.1, 0.15) is 0 Å². The number of carbonyl (C=O) groups excluding carboxylic acids is 1. The zero-order valence-electron chi connectivity index (χ0n) is 11.5. The second-order valence-electron chi connectivity index (χ2n) is 4.61. The first-order chi connectivity index (χ1) is 9.88. The molecule has 0 aliphatic heterocycles. The Kier molecular flexibility index (Phi) is 3.97. The van der Waals surface area contributed by atoms with E-state index in [0.717, 1.165) is 17.7 Å². The molecule has 0 bridgehead atoms. The molecule has 110 valence electrons. The van der Waals surface area contributed by atoms with E-state index in [1.54, 1.807) is 31.2 Å². The molecule has 0 N–H and O–H groups in total. The van der Waals surface area contributed by atoms with E-state index in [4.69, 9.17) is 0 Å². The number of nitro groups is 1. The zero-order chi connectivity index (χ0) is 15.6. The lowest BCUT2D eigenvalue weighted by molar-refractivity contribution is -0.387. The second kappa shape index (κ2) is 5.70. The highest BCUT2D eigenvalue weighted by Crippen LogP contribution is 2.19. The van der Waals surface area contributed by atoms with Crippen molar-refractivity contribution in [2.75, 3.05) is 7.05 Å². The quantitative estimate of drug-likeness (QED) is 0.635. The van der Waals surface area contributed by atoms with Crippen molar-refractivity contribution in [2.45, 2.75) is 6.54 Å². The molecule has 2 rings (SSSR count). The lowest BCUT2D eigenvalue weighted by Gasteiger charge is -2.16. The number of hydrogen-bond acceptors (Lipinski definition) is 4. The Hall–Kier alpha value is -2.77. The monoisotopic (exact) mass is 292 g/mol. The average Bonchev–Trinajstić information content (AvgIpc) is 2.83. The molecule has 1 heterocycles. The molecule has 0 atom stereocenters. The van der Waals surface area contributed by atoms with Gasteiger partial charge in [0.25, 0.3) is 5.91 Å². The molecule has 0 radical (unpaired) electrons. The summed E-state index contributed by atoms with van der Waals surface area (Å²) in [6, 6.07) is 3.09. The lowest BCUT2D eigenvalue weighted by atomic mass is 10.1. The second-order valence-corrected chi connectivity index (χ2v) is 4.61. The van der Waals surface area contributed by atoms with Crippen LogP contribution in [0.15, 0.2) is 30.6 Å². The van der Waals surface area contributed by atoms with Gasteiger partial charge in [-0.05, 0) is 12.1 Å². The van der Waals surface area contributed by atoms with Gasteiger partial charge in [-0.1, -0.05) is 0 Å². The molecule has 21 heavy (non-hydrogen) atoms. The SMILES string of the molecule is CN(Cc1cnn(C)c1)C(=O)c1ccc(F)c([N+](=O)[O-])c1. The van der Waals surface area contributed by atoms with Crippen LogP contribution in [0.25, 0.3) is 0 Å². The van der Waals surface area contributed by atoms with Crippen molar-refractivity contribution in [1.82, 2.24) is 14.7 Å². The Morgan fingerprint density at radius 3 is 2.81 bits per heavy atom. The van der Waals surface area contributed by atoms with Gasteiger partial charge in [0.2, 0.25) is 5.82 Å². The topological polar surface area (TPSA) is 81.3 Å². The summed E-state index contributed by atoms with van der Waals surface area (Å²) < 4.78 is 14.9. The van der Waals surface area contributed by atoms with Gasteiger partial charge in [-0.3, -0.25) is 19.6 Å². The summed E-state index contributed by atoms with van der Waals surface area (Å²) in [5.74, 6) is -1.39. The lowest BCUT2D eigenvalue weighted by Crippen LogP contribution is -2.26. The molecular weight excluding hydrogens is 279 g/mol. The van der Waals surface area contributed by atoms with Crippen molar-refractivity contribution in [3.63, 3.8) is 0 Å². The van der Waals surface area contributed by atoms with Crippen molar-refractivity contribution in [3.8, 4) is 0 Å². The molecule has 1 aromatic heterocycles. The third-order valence-electron chi connectivity index (χ3n) is 2.91. The number of amides is 1. The van der Waals surface area contributed by atoms with Gasteiger partial charge in [0, 0.05) is 44.0 Å². The van der Waals surface area contributed by atoms with Gasteiger partial charge in [0.05, 0.1) is 11.1 Å². The van der Waals surface area contributed by atoms with Gasteiger partial charge in [-0.25, -0.2) is 0 Å². The van der Waals surface area contributed by atoms with E-state index < -0.39 is 22.3 Å². The summed E-state index contributed by atoms with van der Waals surface area (Å²) in [7, 11) is 3.32. The van der Waals surface area contributed by atoms with Crippen LogP contribution in [0.3, 0.4) is 0 Å². The number of hydrogen-bond donors (Lipinski definition) is 0. The predicted octanol–water partition coefficient (Wildman–Crippen LogP) is 1.74. The number of benzene rings is 1. The molecule has 7 nitrogen and oxygen atoms in total. The minimum Gasteiger partial charge on any atom is -0.337 e. The van der Waals surface area contributed by atoms with Crippen LogP contribution in [0.5, 0.6) is 0 Å². The standard InChI is InChI=1S/C13H13FN4O3/c1-16(7-9-6-15-17(2)8-9)13(19)10-3-4-11(14)12(5-10)18(20)21/h3-6,8H,7H2,1-2H3. The van der Waals surface area contributed by atoms with E-state index in [9.17, 15) is 19.3 Å². The van der Waals surface area contributed by atoms with E-state index in [1.807, 2.05) is 0 Å². The number of aryl methyl sites for hydroxylation is 1. The smallest absolute Gasteiger partial charge is 0.305 e. The zero-order valence-corrected chi connectivity index (χ0v) is 11.5. The van der Waals surface area contributed by atoms with Gasteiger partial charge >= 0.3 is 5.69 Å². The molecule has 1 amide bonds. The van der Waals surface area contributed by atoms with Crippen molar-refractivity contribution in [2.24, 2.45) is 7.05 Å². The Labute approximate surface area is 119 Å². The van der Waals surface area contributed by atoms with Gasteiger partial charge in [0.15, 0.2) is 0 Å². The third kappa shape index (κ3) is 3.22. The first-order valence-corrected chi connectivity index (χ1v) is 6.05. The van der Waals surface area contributed by atoms with Crippen LogP contribution in [0.4, 0.5) is 10.1 Å². The fraction of sp³-hybridized carbons (Fsp3) is 0.231. The van der Waals surface area contributed by atoms with Gasteiger partial charge in [-0.2, -0.15) is 9.49 Å². The summed E-state index contributed by atoms with van der Waals surface area (Å²) in [5.41, 5.74) is 0.176. The van der Waals surface area contributed by atoms with Crippen molar-refractivity contribution < 1.29 is 14.1 Å². The van der Waals surface area contributed by atoms with Crippen molar-refractivity contribution in [3.05, 3.63) is 57.7 Å². The Balaban J connectivity index is 2.19. The molecule has 0 aliphatic rings.